The molecule has 0 atom stereocenters. The summed E-state index contributed by atoms with van der Waals surface area (Å²) in [5, 5.41) is 1.25. The van der Waals surface area contributed by atoms with E-state index >= 15 is 0 Å². The summed E-state index contributed by atoms with van der Waals surface area (Å²) in [5.41, 5.74) is 3.54. The van der Waals surface area contributed by atoms with Crippen molar-refractivity contribution in [1.29, 1.82) is 0 Å². The van der Waals surface area contributed by atoms with E-state index in [2.05, 4.69) is 31.0 Å². The van der Waals surface area contributed by atoms with E-state index in [9.17, 15) is 0 Å². The molecule has 0 amide bonds. The van der Waals surface area contributed by atoms with Crippen molar-refractivity contribution in [3.63, 3.8) is 0 Å². The third kappa shape index (κ3) is 1.18. The molecule has 0 bridgehead atoms. The second-order valence-corrected chi connectivity index (χ2v) is 3.33. The van der Waals surface area contributed by atoms with E-state index < -0.39 is 0 Å². The Morgan fingerprint density at radius 1 is 1.23 bits per heavy atom. The Balaban J connectivity index is 2.83. The Kier molecular flexibility index (Phi) is 1.76. The van der Waals surface area contributed by atoms with Gasteiger partial charge in [0.15, 0.2) is 0 Å². The Bertz CT molecular complexity index is 443. The molecule has 2 aromatic rings. The van der Waals surface area contributed by atoms with Crippen LogP contribution < -0.4 is 4.74 Å². The molecule has 0 aliphatic carbocycles. The van der Waals surface area contributed by atoms with Gasteiger partial charge >= 0.3 is 0 Å². The van der Waals surface area contributed by atoms with Crippen LogP contribution in [-0.2, 0) is 0 Å². The first-order valence-electron chi connectivity index (χ1n) is 4.35. The summed E-state index contributed by atoms with van der Waals surface area (Å²) >= 11 is 0. The molecule has 2 rings (SSSR count). The van der Waals surface area contributed by atoms with Crippen LogP contribution in [0.5, 0.6) is 5.75 Å². The summed E-state index contributed by atoms with van der Waals surface area (Å²) in [7, 11) is 1.69. The summed E-state index contributed by atoms with van der Waals surface area (Å²) in [6.45, 7) is 4.16. The van der Waals surface area contributed by atoms with Crippen molar-refractivity contribution in [3.8, 4) is 5.75 Å². The number of methoxy groups -OCH3 is 1. The van der Waals surface area contributed by atoms with Gasteiger partial charge in [-0.05, 0) is 31.5 Å². The first-order chi connectivity index (χ1) is 6.22. The monoisotopic (exact) mass is 175 g/mol. The molecule has 2 nitrogen and oxygen atoms in total. The van der Waals surface area contributed by atoms with Crippen LogP contribution in [-0.4, -0.2) is 12.1 Å². The third-order valence-electron chi connectivity index (χ3n) is 2.33. The van der Waals surface area contributed by atoms with Gasteiger partial charge < -0.3 is 9.72 Å². The van der Waals surface area contributed by atoms with Crippen LogP contribution in [0.3, 0.4) is 0 Å². The van der Waals surface area contributed by atoms with Crippen LogP contribution in [0.2, 0.25) is 0 Å². The molecule has 2 heteroatoms. The van der Waals surface area contributed by atoms with Gasteiger partial charge in [-0.2, -0.15) is 0 Å². The van der Waals surface area contributed by atoms with E-state index in [-0.39, 0.29) is 0 Å². The number of aromatic amines is 1. The summed E-state index contributed by atoms with van der Waals surface area (Å²) in [5.74, 6) is 0.911. The van der Waals surface area contributed by atoms with Crippen LogP contribution in [0.25, 0.3) is 10.9 Å². The molecular weight excluding hydrogens is 162 g/mol. The molecule has 13 heavy (non-hydrogen) atoms. The lowest BCUT2D eigenvalue weighted by Gasteiger charge is -2.02. The average molecular weight is 175 g/mol. The number of hydrogen-bond donors (Lipinski definition) is 1. The number of nitrogens with one attached hydrogen (secondary N) is 1. The maximum absolute atomic E-state index is 5.26. The molecule has 1 aromatic carbocycles. The van der Waals surface area contributed by atoms with E-state index in [1.54, 1.807) is 7.11 Å². The number of aromatic nitrogens is 1. The Hall–Kier alpha value is -1.44. The molecular formula is C11H13NO. The van der Waals surface area contributed by atoms with Crippen LogP contribution in [0.1, 0.15) is 11.3 Å². The smallest absolute Gasteiger partial charge is 0.142 e. The molecule has 1 aromatic heterocycles. The van der Waals surface area contributed by atoms with Gasteiger partial charge in [0.05, 0.1) is 12.6 Å². The number of rotatable bonds is 1. The zero-order valence-electron chi connectivity index (χ0n) is 8.14. The molecule has 0 unspecified atom stereocenters. The molecule has 1 N–H and O–H groups in total. The zero-order valence-corrected chi connectivity index (χ0v) is 8.14. The van der Waals surface area contributed by atoms with Gasteiger partial charge in [-0.1, -0.05) is 6.07 Å². The summed E-state index contributed by atoms with van der Waals surface area (Å²) in [6.07, 6.45) is 0. The van der Waals surface area contributed by atoms with Gasteiger partial charge in [-0.15, -0.1) is 0 Å². The van der Waals surface area contributed by atoms with E-state index in [1.165, 1.54) is 16.6 Å². The minimum Gasteiger partial charge on any atom is -0.495 e. The fraction of sp³-hybridized carbons (Fsp3) is 0.273. The van der Waals surface area contributed by atoms with Crippen molar-refractivity contribution in [2.45, 2.75) is 13.8 Å². The van der Waals surface area contributed by atoms with Gasteiger partial charge in [0.1, 0.15) is 5.75 Å². The highest BCUT2D eigenvalue weighted by molar-refractivity contribution is 5.88. The molecule has 0 fully saturated rings. The Morgan fingerprint density at radius 3 is 2.69 bits per heavy atom. The number of hydrogen-bond acceptors (Lipinski definition) is 1. The minimum atomic E-state index is 0.911. The topological polar surface area (TPSA) is 25.0 Å². The number of benzene rings is 1. The largest absolute Gasteiger partial charge is 0.495 e. The van der Waals surface area contributed by atoms with E-state index in [0.717, 1.165) is 11.3 Å². The van der Waals surface area contributed by atoms with Crippen molar-refractivity contribution >= 4 is 10.9 Å². The van der Waals surface area contributed by atoms with Crippen LogP contribution in [0.15, 0.2) is 18.2 Å². The number of ether oxygens (including phenoxy) is 1. The second-order valence-electron chi connectivity index (χ2n) is 3.33. The first kappa shape index (κ1) is 8.17. The summed E-state index contributed by atoms with van der Waals surface area (Å²) < 4.78 is 5.26. The van der Waals surface area contributed by atoms with Gasteiger partial charge in [0.2, 0.25) is 0 Å². The SMILES string of the molecule is COc1ccc(C)c2cc(C)[nH]c12. The minimum absolute atomic E-state index is 0.911. The lowest BCUT2D eigenvalue weighted by atomic mass is 10.1. The predicted octanol–water partition coefficient (Wildman–Crippen LogP) is 2.79. The van der Waals surface area contributed by atoms with E-state index in [0.29, 0.717) is 0 Å². The maximum Gasteiger partial charge on any atom is 0.142 e. The Morgan fingerprint density at radius 2 is 2.00 bits per heavy atom. The van der Waals surface area contributed by atoms with Crippen molar-refractivity contribution < 1.29 is 4.74 Å². The zero-order chi connectivity index (χ0) is 9.42. The van der Waals surface area contributed by atoms with Crippen LogP contribution in [0, 0.1) is 13.8 Å². The van der Waals surface area contributed by atoms with Gasteiger partial charge in [-0.25, -0.2) is 0 Å². The standard InChI is InChI=1S/C11H13NO/c1-7-4-5-10(13-3)11-9(7)6-8(2)12-11/h4-6,12H,1-3H3. The van der Waals surface area contributed by atoms with Gasteiger partial charge in [0.25, 0.3) is 0 Å². The van der Waals surface area contributed by atoms with Crippen LogP contribution >= 0.6 is 0 Å². The molecule has 0 saturated heterocycles. The molecule has 0 aliphatic rings. The van der Waals surface area contributed by atoms with E-state index in [4.69, 9.17) is 4.74 Å². The number of fused-ring (bicyclic) bond motifs is 1. The molecule has 68 valence electrons. The molecule has 0 aliphatic heterocycles. The second kappa shape index (κ2) is 2.80. The highest BCUT2D eigenvalue weighted by atomic mass is 16.5. The number of H-pyrrole nitrogens is 1. The third-order valence-corrected chi connectivity index (χ3v) is 2.33. The average Bonchev–Trinajstić information content (AvgIpc) is 2.48. The molecule has 0 spiro atoms. The summed E-state index contributed by atoms with van der Waals surface area (Å²) in [6, 6.07) is 6.22. The normalized spacial score (nSPS) is 10.7. The number of aryl methyl sites for hydroxylation is 2. The van der Waals surface area contributed by atoms with Crippen molar-refractivity contribution in [2.24, 2.45) is 0 Å². The Labute approximate surface area is 77.5 Å². The molecule has 0 saturated carbocycles. The lowest BCUT2D eigenvalue weighted by Crippen LogP contribution is -1.85. The van der Waals surface area contributed by atoms with Crippen LogP contribution in [0.4, 0.5) is 0 Å². The summed E-state index contributed by atoms with van der Waals surface area (Å²) in [4.78, 5) is 3.29. The first-order valence-corrected chi connectivity index (χ1v) is 4.35. The lowest BCUT2D eigenvalue weighted by molar-refractivity contribution is 0.419. The van der Waals surface area contributed by atoms with Crippen molar-refractivity contribution in [2.75, 3.05) is 7.11 Å². The fourth-order valence-electron chi connectivity index (χ4n) is 1.64. The van der Waals surface area contributed by atoms with E-state index in [1.807, 2.05) is 6.07 Å². The maximum atomic E-state index is 5.26. The van der Waals surface area contributed by atoms with Crippen molar-refractivity contribution in [1.82, 2.24) is 4.98 Å². The fourth-order valence-corrected chi connectivity index (χ4v) is 1.64. The predicted molar refractivity (Wildman–Crippen MR) is 54.3 cm³/mol. The van der Waals surface area contributed by atoms with Crippen molar-refractivity contribution in [3.05, 3.63) is 29.5 Å². The molecule has 0 radical (unpaired) electrons. The highest BCUT2D eigenvalue weighted by Crippen LogP contribution is 2.27. The quantitative estimate of drug-likeness (QED) is 0.708. The highest BCUT2D eigenvalue weighted by Gasteiger charge is 2.05. The van der Waals surface area contributed by atoms with Gasteiger partial charge in [0, 0.05) is 11.1 Å². The molecule has 1 heterocycles. The van der Waals surface area contributed by atoms with Gasteiger partial charge in [-0.3, -0.25) is 0 Å².